The number of nitrogens with one attached hydrogen (secondary N) is 1. The summed E-state index contributed by atoms with van der Waals surface area (Å²) in [7, 11) is 0. The fourth-order valence-corrected chi connectivity index (χ4v) is 4.45. The standard InChI is InChI=1S/C27H21BrFN5O2/c1-2-25-32-23-11-10-18(28)12-22(23)27(36)34(25)30-14-17-15-33(24-9-4-3-8-21(17)24)16-26(35)31-20-7-5-6-19(29)13-20/h3-15H,2,16H2,1H3,(H,31,35). The number of fused-ring (bicyclic) bond motifs is 2. The van der Waals surface area contributed by atoms with Gasteiger partial charge in [-0.25, -0.2) is 9.37 Å². The van der Waals surface area contributed by atoms with Crippen LogP contribution in [0.25, 0.3) is 21.8 Å². The quantitative estimate of drug-likeness (QED) is 0.292. The largest absolute Gasteiger partial charge is 0.337 e. The highest BCUT2D eigenvalue weighted by molar-refractivity contribution is 9.10. The molecule has 1 N–H and O–H groups in total. The fraction of sp³-hybridized carbons (Fsp3) is 0.111. The third kappa shape index (κ3) is 4.70. The zero-order valence-electron chi connectivity index (χ0n) is 19.3. The average Bonchev–Trinajstić information content (AvgIpc) is 3.21. The summed E-state index contributed by atoms with van der Waals surface area (Å²) in [4.78, 5) is 30.5. The van der Waals surface area contributed by atoms with Gasteiger partial charge in [-0.15, -0.1) is 0 Å². The van der Waals surface area contributed by atoms with E-state index in [1.165, 1.54) is 22.9 Å². The molecule has 3 aromatic carbocycles. The third-order valence-corrected chi connectivity index (χ3v) is 6.24. The van der Waals surface area contributed by atoms with Gasteiger partial charge in [0.1, 0.15) is 18.2 Å². The molecule has 5 aromatic rings. The number of benzene rings is 3. The average molecular weight is 546 g/mol. The van der Waals surface area contributed by atoms with Gasteiger partial charge in [0.15, 0.2) is 0 Å². The molecule has 0 radical (unpaired) electrons. The van der Waals surface area contributed by atoms with Gasteiger partial charge in [0.05, 0.1) is 17.1 Å². The summed E-state index contributed by atoms with van der Waals surface area (Å²) < 4.78 is 17.4. The van der Waals surface area contributed by atoms with Crippen LogP contribution < -0.4 is 10.9 Å². The van der Waals surface area contributed by atoms with Crippen LogP contribution in [-0.2, 0) is 17.8 Å². The maximum absolute atomic E-state index is 13.5. The van der Waals surface area contributed by atoms with Crippen molar-refractivity contribution < 1.29 is 9.18 Å². The lowest BCUT2D eigenvalue weighted by atomic mass is 10.2. The molecule has 0 aliphatic rings. The molecule has 36 heavy (non-hydrogen) atoms. The molecule has 0 saturated carbocycles. The summed E-state index contributed by atoms with van der Waals surface area (Å²) in [6.07, 6.45) is 3.94. The summed E-state index contributed by atoms with van der Waals surface area (Å²) >= 11 is 3.41. The Balaban J connectivity index is 1.50. The van der Waals surface area contributed by atoms with Crippen molar-refractivity contribution in [1.82, 2.24) is 14.2 Å². The van der Waals surface area contributed by atoms with Crippen molar-refractivity contribution in [3.8, 4) is 0 Å². The van der Waals surface area contributed by atoms with Crippen molar-refractivity contribution in [3.63, 3.8) is 0 Å². The number of carbonyl (C=O) groups is 1. The molecule has 0 bridgehead atoms. The number of anilines is 1. The van der Waals surface area contributed by atoms with Crippen LogP contribution in [-0.4, -0.2) is 26.3 Å². The predicted molar refractivity (Wildman–Crippen MR) is 143 cm³/mol. The third-order valence-electron chi connectivity index (χ3n) is 5.75. The highest BCUT2D eigenvalue weighted by Gasteiger charge is 2.13. The second-order valence-corrected chi connectivity index (χ2v) is 9.11. The minimum Gasteiger partial charge on any atom is -0.337 e. The van der Waals surface area contributed by atoms with Crippen LogP contribution >= 0.6 is 15.9 Å². The molecule has 2 aromatic heterocycles. The van der Waals surface area contributed by atoms with Crippen molar-refractivity contribution in [2.45, 2.75) is 19.9 Å². The van der Waals surface area contributed by atoms with E-state index >= 15 is 0 Å². The first kappa shape index (κ1) is 23.6. The molecule has 0 aliphatic carbocycles. The summed E-state index contributed by atoms with van der Waals surface area (Å²) in [6, 6.07) is 18.8. The Hall–Kier alpha value is -4.11. The van der Waals surface area contributed by atoms with Crippen LogP contribution in [0.15, 0.2) is 87.3 Å². The molecule has 5 rings (SSSR count). The van der Waals surface area contributed by atoms with E-state index in [0.29, 0.717) is 28.8 Å². The Morgan fingerprint density at radius 2 is 1.94 bits per heavy atom. The van der Waals surface area contributed by atoms with Crippen LogP contribution in [0.3, 0.4) is 0 Å². The number of hydrogen-bond acceptors (Lipinski definition) is 4. The fourth-order valence-electron chi connectivity index (χ4n) is 4.09. The molecule has 7 nitrogen and oxygen atoms in total. The van der Waals surface area contributed by atoms with Gasteiger partial charge in [-0.05, 0) is 42.5 Å². The molecule has 0 unspecified atom stereocenters. The molecular weight excluding hydrogens is 525 g/mol. The van der Waals surface area contributed by atoms with Crippen LogP contribution in [0.2, 0.25) is 0 Å². The Morgan fingerprint density at radius 1 is 1.11 bits per heavy atom. The van der Waals surface area contributed by atoms with Crippen LogP contribution in [0, 0.1) is 5.82 Å². The van der Waals surface area contributed by atoms with E-state index in [9.17, 15) is 14.0 Å². The first-order valence-corrected chi connectivity index (χ1v) is 12.1. The molecule has 2 heterocycles. The number of aromatic nitrogens is 3. The van der Waals surface area contributed by atoms with Gasteiger partial charge < -0.3 is 9.88 Å². The van der Waals surface area contributed by atoms with Gasteiger partial charge in [0, 0.05) is 39.2 Å². The maximum Gasteiger partial charge on any atom is 0.282 e. The van der Waals surface area contributed by atoms with Crippen molar-refractivity contribution in [3.05, 3.63) is 105 Å². The maximum atomic E-state index is 13.5. The summed E-state index contributed by atoms with van der Waals surface area (Å²) in [5.41, 5.74) is 2.32. The van der Waals surface area contributed by atoms with Crippen molar-refractivity contribution in [1.29, 1.82) is 0 Å². The Labute approximate surface area is 214 Å². The normalized spacial score (nSPS) is 11.5. The SMILES string of the molecule is CCc1nc2ccc(Br)cc2c(=O)n1N=Cc1cn(CC(=O)Nc2cccc(F)c2)c2ccccc12. The monoisotopic (exact) mass is 545 g/mol. The first-order chi connectivity index (χ1) is 17.4. The van der Waals surface area contributed by atoms with E-state index in [2.05, 4.69) is 31.3 Å². The molecule has 0 spiro atoms. The predicted octanol–water partition coefficient (Wildman–Crippen LogP) is 5.34. The van der Waals surface area contributed by atoms with Crippen molar-refractivity contribution in [2.75, 3.05) is 5.32 Å². The summed E-state index contributed by atoms with van der Waals surface area (Å²) in [5.74, 6) is -0.169. The van der Waals surface area contributed by atoms with Gasteiger partial charge in [0.2, 0.25) is 5.91 Å². The number of carbonyl (C=O) groups excluding carboxylic acids is 1. The Kier molecular flexibility index (Phi) is 6.47. The molecule has 9 heteroatoms. The Bertz CT molecular complexity index is 1710. The van der Waals surface area contributed by atoms with Gasteiger partial charge in [-0.3, -0.25) is 9.59 Å². The number of halogens is 2. The molecule has 0 atom stereocenters. The number of nitrogens with zero attached hydrogens (tertiary/aromatic N) is 4. The van der Waals surface area contributed by atoms with Gasteiger partial charge in [-0.2, -0.15) is 9.78 Å². The lowest BCUT2D eigenvalue weighted by molar-refractivity contribution is -0.116. The van der Waals surface area contributed by atoms with Crippen molar-refractivity contribution >= 4 is 55.5 Å². The minimum absolute atomic E-state index is 0.0244. The number of para-hydroxylation sites is 1. The lowest BCUT2D eigenvalue weighted by Crippen LogP contribution is -2.22. The zero-order valence-corrected chi connectivity index (χ0v) is 20.9. The highest BCUT2D eigenvalue weighted by atomic mass is 79.9. The van der Waals surface area contributed by atoms with Gasteiger partial charge in [-0.1, -0.05) is 47.1 Å². The molecular formula is C27H21BrFN5O2. The first-order valence-electron chi connectivity index (χ1n) is 11.3. The second kappa shape index (κ2) is 9.87. The number of rotatable bonds is 6. The van der Waals surface area contributed by atoms with Crippen molar-refractivity contribution in [2.24, 2.45) is 5.10 Å². The minimum atomic E-state index is -0.421. The van der Waals surface area contributed by atoms with E-state index in [-0.39, 0.29) is 18.0 Å². The second-order valence-electron chi connectivity index (χ2n) is 8.19. The molecule has 180 valence electrons. The summed E-state index contributed by atoms with van der Waals surface area (Å²) in [6.45, 7) is 1.94. The van der Waals surface area contributed by atoms with Gasteiger partial charge in [0.25, 0.3) is 5.56 Å². The van der Waals surface area contributed by atoms with E-state index in [4.69, 9.17) is 0 Å². The van der Waals surface area contributed by atoms with Crippen LogP contribution in [0.1, 0.15) is 18.3 Å². The molecule has 0 fully saturated rings. The van der Waals surface area contributed by atoms with E-state index in [1.807, 2.05) is 37.3 Å². The van der Waals surface area contributed by atoms with E-state index in [1.54, 1.807) is 35.2 Å². The lowest BCUT2D eigenvalue weighted by Gasteiger charge is -2.07. The zero-order chi connectivity index (χ0) is 25.2. The molecule has 1 amide bonds. The summed E-state index contributed by atoms with van der Waals surface area (Å²) in [5, 5.41) is 8.55. The molecule has 0 aliphatic heterocycles. The van der Waals surface area contributed by atoms with E-state index in [0.717, 1.165) is 20.9 Å². The highest BCUT2D eigenvalue weighted by Crippen LogP contribution is 2.21. The van der Waals surface area contributed by atoms with E-state index < -0.39 is 5.82 Å². The number of hydrogen-bond donors (Lipinski definition) is 1. The van der Waals surface area contributed by atoms with Crippen LogP contribution in [0.5, 0.6) is 0 Å². The van der Waals surface area contributed by atoms with Crippen LogP contribution in [0.4, 0.5) is 10.1 Å². The van der Waals surface area contributed by atoms with Gasteiger partial charge >= 0.3 is 0 Å². The Morgan fingerprint density at radius 3 is 2.75 bits per heavy atom. The smallest absolute Gasteiger partial charge is 0.282 e. The number of amides is 1. The molecule has 0 saturated heterocycles. The number of aryl methyl sites for hydroxylation is 1. The topological polar surface area (TPSA) is 81.3 Å².